The number of halogens is 2. The van der Waals surface area contributed by atoms with Crippen LogP contribution in [0.1, 0.15) is 5.56 Å². The van der Waals surface area contributed by atoms with Crippen molar-refractivity contribution in [2.45, 2.75) is 6.54 Å². The molecule has 3 aromatic rings. The van der Waals surface area contributed by atoms with Crippen LogP contribution in [0.5, 0.6) is 0 Å². The molecule has 0 aliphatic rings. The summed E-state index contributed by atoms with van der Waals surface area (Å²) in [4.78, 5) is 0. The average Bonchev–Trinajstić information content (AvgIpc) is 2.74. The van der Waals surface area contributed by atoms with E-state index >= 15 is 0 Å². The van der Waals surface area contributed by atoms with E-state index in [9.17, 15) is 4.39 Å². The first-order valence-electron chi connectivity index (χ1n) is 5.63. The van der Waals surface area contributed by atoms with Crippen molar-refractivity contribution in [1.82, 2.24) is 4.57 Å². The molecule has 0 saturated heterocycles. The monoisotopic (exact) mass is 258 g/mol. The third-order valence-electron chi connectivity index (χ3n) is 2.91. The van der Waals surface area contributed by atoms with E-state index in [1.165, 1.54) is 12.1 Å². The van der Waals surface area contributed by atoms with Crippen LogP contribution >= 0.6 is 11.6 Å². The van der Waals surface area contributed by atoms with E-state index in [1.807, 2.05) is 28.8 Å². The zero-order chi connectivity index (χ0) is 12.5. The van der Waals surface area contributed by atoms with Crippen LogP contribution in [0.25, 0.3) is 10.9 Å². The van der Waals surface area contributed by atoms with Gasteiger partial charge in [0, 0.05) is 22.5 Å². The Morgan fingerprint density at radius 3 is 2.67 bits per heavy atom. The van der Waals surface area contributed by atoms with Crippen LogP contribution in [0.3, 0.4) is 0 Å². The topological polar surface area (TPSA) is 4.93 Å². The molecule has 0 fully saturated rings. The molecule has 0 unspecified atom stereocenters. The Morgan fingerprint density at radius 2 is 1.89 bits per heavy atom. The van der Waals surface area contributed by atoms with Crippen molar-refractivity contribution in [3.63, 3.8) is 0 Å². The number of fused-ring (bicyclic) bond motifs is 1. The minimum atomic E-state index is -0.216. The van der Waals surface area contributed by atoms with Crippen LogP contribution in [-0.2, 0) is 6.54 Å². The number of aromatic nitrogens is 1. The minimum absolute atomic E-state index is 0.216. The third kappa shape index (κ3) is 2.12. The van der Waals surface area contributed by atoms with Crippen LogP contribution in [0.2, 0.25) is 5.02 Å². The molecule has 1 nitrogen and oxygen atoms in total. The summed E-state index contributed by atoms with van der Waals surface area (Å²) >= 11 is 5.94. The number of benzene rings is 2. The molecule has 0 N–H and O–H groups in total. The Balaban J connectivity index is 1.97. The van der Waals surface area contributed by atoms with Gasteiger partial charge in [-0.15, -0.1) is 0 Å². The molecular formula is C15H10ClFN. The molecule has 0 atom stereocenters. The highest BCUT2D eigenvalue weighted by Gasteiger charge is 2.03. The molecule has 18 heavy (non-hydrogen) atoms. The van der Waals surface area contributed by atoms with Crippen molar-refractivity contribution < 1.29 is 4.39 Å². The van der Waals surface area contributed by atoms with E-state index in [-0.39, 0.29) is 5.82 Å². The number of hydrogen-bond acceptors (Lipinski definition) is 0. The Kier molecular flexibility index (Phi) is 2.80. The van der Waals surface area contributed by atoms with E-state index in [4.69, 9.17) is 11.6 Å². The van der Waals surface area contributed by atoms with Crippen molar-refractivity contribution in [3.05, 3.63) is 71.1 Å². The molecule has 1 radical (unpaired) electrons. The van der Waals surface area contributed by atoms with Gasteiger partial charge in [0.1, 0.15) is 5.82 Å². The Bertz CT molecular complexity index is 685. The van der Waals surface area contributed by atoms with Gasteiger partial charge in [0.25, 0.3) is 0 Å². The first-order valence-corrected chi connectivity index (χ1v) is 6.01. The van der Waals surface area contributed by atoms with E-state index in [1.54, 1.807) is 12.1 Å². The summed E-state index contributed by atoms with van der Waals surface area (Å²) in [5.41, 5.74) is 2.11. The second-order valence-electron chi connectivity index (χ2n) is 4.19. The lowest BCUT2D eigenvalue weighted by atomic mass is 10.2. The van der Waals surface area contributed by atoms with Gasteiger partial charge in [0.05, 0.1) is 6.20 Å². The molecule has 0 bridgehead atoms. The molecular weight excluding hydrogens is 249 g/mol. The zero-order valence-corrected chi connectivity index (χ0v) is 10.3. The smallest absolute Gasteiger partial charge is 0.123 e. The second-order valence-corrected chi connectivity index (χ2v) is 4.63. The first kappa shape index (κ1) is 11.3. The maximum Gasteiger partial charge on any atom is 0.123 e. The fourth-order valence-corrected chi connectivity index (χ4v) is 2.19. The highest BCUT2D eigenvalue weighted by Crippen LogP contribution is 2.21. The largest absolute Gasteiger partial charge is 0.335 e. The standard InChI is InChI=1S/C15H10ClFN/c16-13-3-6-15-12(9-13)7-8-18(15)10-11-1-4-14(17)5-2-11/h1-7,9H,10H2. The lowest BCUT2D eigenvalue weighted by Gasteiger charge is -2.05. The molecule has 3 heteroatoms. The lowest BCUT2D eigenvalue weighted by molar-refractivity contribution is 0.626. The van der Waals surface area contributed by atoms with Gasteiger partial charge in [-0.05, 0) is 42.0 Å². The molecule has 0 spiro atoms. The zero-order valence-electron chi connectivity index (χ0n) is 9.53. The van der Waals surface area contributed by atoms with Crippen LogP contribution in [0.15, 0.2) is 48.5 Å². The number of rotatable bonds is 2. The third-order valence-corrected chi connectivity index (χ3v) is 3.15. The van der Waals surface area contributed by atoms with Gasteiger partial charge in [-0.1, -0.05) is 23.7 Å². The molecule has 3 rings (SSSR count). The predicted octanol–water partition coefficient (Wildman–Crippen LogP) is 4.28. The molecule has 1 heterocycles. The molecule has 89 valence electrons. The van der Waals surface area contributed by atoms with Gasteiger partial charge < -0.3 is 4.57 Å². The summed E-state index contributed by atoms with van der Waals surface area (Å²) in [5, 5.41) is 1.78. The van der Waals surface area contributed by atoms with Crippen molar-refractivity contribution in [2.24, 2.45) is 0 Å². The fourth-order valence-electron chi connectivity index (χ4n) is 2.01. The molecule has 0 aliphatic carbocycles. The first-order chi connectivity index (χ1) is 8.72. The lowest BCUT2D eigenvalue weighted by Crippen LogP contribution is -1.97. The molecule has 0 aliphatic heterocycles. The highest BCUT2D eigenvalue weighted by molar-refractivity contribution is 6.31. The molecule has 2 aromatic carbocycles. The van der Waals surface area contributed by atoms with Crippen LogP contribution in [0, 0.1) is 12.0 Å². The van der Waals surface area contributed by atoms with Crippen molar-refractivity contribution in [2.75, 3.05) is 0 Å². The molecule has 0 saturated carbocycles. The van der Waals surface area contributed by atoms with Gasteiger partial charge in [-0.25, -0.2) is 4.39 Å². The summed E-state index contributed by atoms with van der Waals surface area (Å²) < 4.78 is 14.8. The Hall–Kier alpha value is -1.80. The summed E-state index contributed by atoms with van der Waals surface area (Å²) in [5.74, 6) is -0.216. The van der Waals surface area contributed by atoms with Crippen LogP contribution < -0.4 is 0 Å². The summed E-state index contributed by atoms with van der Waals surface area (Å²) in [6.07, 6.45) is 3.17. The van der Waals surface area contributed by atoms with E-state index < -0.39 is 0 Å². The summed E-state index contributed by atoms with van der Waals surface area (Å²) in [7, 11) is 0. The van der Waals surface area contributed by atoms with Crippen molar-refractivity contribution >= 4 is 22.5 Å². The van der Waals surface area contributed by atoms with Crippen molar-refractivity contribution in [1.29, 1.82) is 0 Å². The summed E-state index contributed by atoms with van der Waals surface area (Å²) in [6, 6.07) is 14.2. The van der Waals surface area contributed by atoms with Crippen LogP contribution in [-0.4, -0.2) is 4.57 Å². The molecule has 1 aromatic heterocycles. The van der Waals surface area contributed by atoms with E-state index in [2.05, 4.69) is 6.20 Å². The van der Waals surface area contributed by atoms with Gasteiger partial charge in [-0.2, -0.15) is 0 Å². The van der Waals surface area contributed by atoms with E-state index in [0.717, 1.165) is 21.5 Å². The van der Waals surface area contributed by atoms with Crippen molar-refractivity contribution in [3.8, 4) is 0 Å². The normalized spacial score (nSPS) is 11.0. The van der Waals surface area contributed by atoms with Gasteiger partial charge in [-0.3, -0.25) is 0 Å². The predicted molar refractivity (Wildman–Crippen MR) is 71.3 cm³/mol. The van der Waals surface area contributed by atoms with Gasteiger partial charge in [0.2, 0.25) is 0 Å². The molecule has 0 amide bonds. The minimum Gasteiger partial charge on any atom is -0.335 e. The highest BCUT2D eigenvalue weighted by atomic mass is 35.5. The Labute approximate surface area is 109 Å². The maximum atomic E-state index is 12.8. The Morgan fingerprint density at radius 1 is 1.11 bits per heavy atom. The van der Waals surface area contributed by atoms with Crippen LogP contribution in [0.4, 0.5) is 4.39 Å². The number of nitrogens with zero attached hydrogens (tertiary/aromatic N) is 1. The fraction of sp³-hybridized carbons (Fsp3) is 0.0667. The SMILES string of the molecule is Fc1ccc(Cn2[c]cc3cc(Cl)ccc32)cc1. The van der Waals surface area contributed by atoms with Gasteiger partial charge >= 0.3 is 0 Å². The second kappa shape index (κ2) is 4.46. The number of hydrogen-bond donors (Lipinski definition) is 0. The summed E-state index contributed by atoms with van der Waals surface area (Å²) in [6.45, 7) is 0.672. The maximum absolute atomic E-state index is 12.8. The van der Waals surface area contributed by atoms with E-state index in [0.29, 0.717) is 6.54 Å². The average molecular weight is 259 g/mol. The quantitative estimate of drug-likeness (QED) is 0.646. The van der Waals surface area contributed by atoms with Gasteiger partial charge in [0.15, 0.2) is 0 Å².